The maximum Gasteiger partial charge on any atom is 0.490 e. The van der Waals surface area contributed by atoms with Crippen LogP contribution in [-0.2, 0) is 14.3 Å². The molecule has 2 aliphatic rings. The van der Waals surface area contributed by atoms with E-state index in [0.29, 0.717) is 31.3 Å². The van der Waals surface area contributed by atoms with Gasteiger partial charge in [-0.1, -0.05) is 0 Å². The number of anilines is 2. The van der Waals surface area contributed by atoms with Crippen molar-refractivity contribution in [2.24, 2.45) is 11.8 Å². The molecule has 2 aromatic rings. The Morgan fingerprint density at radius 1 is 1.19 bits per heavy atom. The van der Waals surface area contributed by atoms with Crippen LogP contribution in [0.2, 0.25) is 0 Å². The second kappa shape index (κ2) is 9.85. The summed E-state index contributed by atoms with van der Waals surface area (Å²) >= 11 is 0. The summed E-state index contributed by atoms with van der Waals surface area (Å²) < 4.78 is 50.6. The van der Waals surface area contributed by atoms with Gasteiger partial charge in [0, 0.05) is 31.8 Å². The number of ether oxygens (including phenoxy) is 1. The normalized spacial score (nSPS) is 22.4. The van der Waals surface area contributed by atoms with Crippen LogP contribution in [-0.4, -0.2) is 63.9 Å². The monoisotopic (exact) mass is 457 g/mol. The molecule has 1 amide bonds. The number of fused-ring (bicyclic) bond motifs is 1. The molecule has 0 aliphatic carbocycles. The number of aromatic nitrogens is 3. The number of hydrogen-bond acceptors (Lipinski definition) is 7. The Morgan fingerprint density at radius 2 is 1.88 bits per heavy atom. The van der Waals surface area contributed by atoms with E-state index in [-0.39, 0.29) is 23.8 Å². The quantitative estimate of drug-likeness (QED) is 0.674. The van der Waals surface area contributed by atoms with Crippen molar-refractivity contribution in [3.8, 4) is 0 Å². The van der Waals surface area contributed by atoms with Crippen LogP contribution in [0.3, 0.4) is 0 Å². The molecule has 0 radical (unpaired) electrons. The molecule has 9 nitrogen and oxygen atoms in total. The van der Waals surface area contributed by atoms with E-state index in [1.165, 1.54) is 0 Å². The fraction of sp³-hybridized carbons (Fsp3) is 0.421. The molecule has 2 aliphatic heterocycles. The Hall–Kier alpha value is -3.35. The fourth-order valence-corrected chi connectivity index (χ4v) is 3.56. The zero-order valence-corrected chi connectivity index (χ0v) is 16.5. The summed E-state index contributed by atoms with van der Waals surface area (Å²) in [5, 5.41) is 10.0. The third-order valence-corrected chi connectivity index (χ3v) is 4.99. The number of alkyl halides is 3. The van der Waals surface area contributed by atoms with Gasteiger partial charge in [-0.25, -0.2) is 19.2 Å². The van der Waals surface area contributed by atoms with Gasteiger partial charge in [0.2, 0.25) is 11.9 Å². The molecule has 2 N–H and O–H groups in total. The summed E-state index contributed by atoms with van der Waals surface area (Å²) in [5.41, 5.74) is 0.665. The highest BCUT2D eigenvalue weighted by Gasteiger charge is 2.44. The zero-order chi connectivity index (χ0) is 23.3. The first-order chi connectivity index (χ1) is 15.1. The van der Waals surface area contributed by atoms with E-state index in [2.05, 4.69) is 20.3 Å². The van der Waals surface area contributed by atoms with Crippen LogP contribution in [0.1, 0.15) is 6.42 Å². The molecule has 172 valence electrons. The zero-order valence-electron chi connectivity index (χ0n) is 16.5. The molecular formula is C19H19F4N5O4. The topological polar surface area (TPSA) is 118 Å². The molecule has 0 saturated carbocycles. The first kappa shape index (κ1) is 23.3. The third-order valence-electron chi connectivity index (χ3n) is 4.99. The van der Waals surface area contributed by atoms with Gasteiger partial charge in [-0.15, -0.1) is 0 Å². The largest absolute Gasteiger partial charge is 0.490 e. The molecular weight excluding hydrogens is 438 g/mol. The second-order valence-corrected chi connectivity index (χ2v) is 7.11. The summed E-state index contributed by atoms with van der Waals surface area (Å²) in [6.45, 7) is 1.72. The number of carbonyl (C=O) groups is 2. The average Bonchev–Trinajstić information content (AvgIpc) is 3.23. The fourth-order valence-electron chi connectivity index (χ4n) is 3.56. The number of aliphatic carboxylic acids is 1. The number of carboxylic acids is 1. The van der Waals surface area contributed by atoms with Crippen molar-refractivity contribution >= 4 is 23.5 Å². The summed E-state index contributed by atoms with van der Waals surface area (Å²) in [4.78, 5) is 35.7. The standard InChI is InChI=1S/C17H18FN5O2.C2HF3O2/c18-11-6-20-17(21-7-11)23-9-14(13-3-5-25-15(13)10-23)16(24)22-12-2-1-4-19-8-12;3-2(4,5)1(6)7/h1-2,4,6-8,13-15H,3,5,9-10H2,(H,22,24);(H,6,7)/t13-,14-,15+;/m0./s1. The maximum atomic E-state index is 13.1. The number of halogens is 4. The van der Waals surface area contributed by atoms with E-state index in [0.717, 1.165) is 18.8 Å². The molecule has 32 heavy (non-hydrogen) atoms. The van der Waals surface area contributed by atoms with Crippen LogP contribution in [0.15, 0.2) is 36.9 Å². The highest BCUT2D eigenvalue weighted by molar-refractivity contribution is 5.93. The van der Waals surface area contributed by atoms with Crippen LogP contribution < -0.4 is 10.2 Å². The summed E-state index contributed by atoms with van der Waals surface area (Å²) in [6.07, 6.45) is 1.26. The van der Waals surface area contributed by atoms with Gasteiger partial charge in [0.25, 0.3) is 0 Å². The molecule has 0 spiro atoms. The lowest BCUT2D eigenvalue weighted by Crippen LogP contribution is -2.52. The first-order valence-electron chi connectivity index (χ1n) is 9.50. The molecule has 4 rings (SSSR count). The van der Waals surface area contributed by atoms with Gasteiger partial charge in [0.1, 0.15) is 0 Å². The molecule has 2 aromatic heterocycles. The Balaban J connectivity index is 0.000000360. The SMILES string of the molecule is O=C(Nc1cccnc1)[C@H]1CN(c2ncc(F)cn2)C[C@H]2OCC[C@@H]12.O=C(O)C(F)(F)F. The summed E-state index contributed by atoms with van der Waals surface area (Å²) in [6, 6.07) is 3.58. The Kier molecular flexibility index (Phi) is 7.18. The Bertz CT molecular complexity index is 930. The van der Waals surface area contributed by atoms with Crippen LogP contribution in [0.5, 0.6) is 0 Å². The number of nitrogens with zero attached hydrogens (tertiary/aromatic N) is 4. The van der Waals surface area contributed by atoms with Crippen molar-refractivity contribution in [3.63, 3.8) is 0 Å². The van der Waals surface area contributed by atoms with Gasteiger partial charge >= 0.3 is 12.1 Å². The number of rotatable bonds is 3. The van der Waals surface area contributed by atoms with Gasteiger partial charge < -0.3 is 20.1 Å². The van der Waals surface area contributed by atoms with Gasteiger partial charge in [-0.05, 0) is 18.6 Å². The van der Waals surface area contributed by atoms with Crippen LogP contribution in [0.4, 0.5) is 29.2 Å². The number of carbonyl (C=O) groups excluding carboxylic acids is 1. The van der Waals surface area contributed by atoms with E-state index >= 15 is 0 Å². The predicted octanol–water partition coefficient (Wildman–Crippen LogP) is 2.12. The molecule has 4 heterocycles. The lowest BCUT2D eigenvalue weighted by atomic mass is 9.82. The minimum atomic E-state index is -5.08. The molecule has 0 unspecified atom stereocenters. The smallest absolute Gasteiger partial charge is 0.475 e. The number of amides is 1. The average molecular weight is 457 g/mol. The van der Waals surface area contributed by atoms with Gasteiger partial charge in [-0.3, -0.25) is 9.78 Å². The van der Waals surface area contributed by atoms with Crippen LogP contribution >= 0.6 is 0 Å². The second-order valence-electron chi connectivity index (χ2n) is 7.11. The van der Waals surface area contributed by atoms with Crippen LogP contribution in [0.25, 0.3) is 0 Å². The number of pyridine rings is 1. The summed E-state index contributed by atoms with van der Waals surface area (Å²) in [5.74, 6) is -2.99. The van der Waals surface area contributed by atoms with Crippen molar-refractivity contribution in [1.29, 1.82) is 0 Å². The lowest BCUT2D eigenvalue weighted by molar-refractivity contribution is -0.192. The Morgan fingerprint density at radius 3 is 2.47 bits per heavy atom. The first-order valence-corrected chi connectivity index (χ1v) is 9.50. The minimum Gasteiger partial charge on any atom is -0.475 e. The van der Waals surface area contributed by atoms with Crippen molar-refractivity contribution in [1.82, 2.24) is 15.0 Å². The van der Waals surface area contributed by atoms with Crippen molar-refractivity contribution in [3.05, 3.63) is 42.7 Å². The molecule has 3 atom stereocenters. The number of carboxylic acid groups (broad SMARTS) is 1. The highest BCUT2D eigenvalue weighted by atomic mass is 19.4. The van der Waals surface area contributed by atoms with Crippen molar-refractivity contribution < 1.29 is 37.0 Å². The van der Waals surface area contributed by atoms with E-state index in [9.17, 15) is 22.4 Å². The van der Waals surface area contributed by atoms with E-state index in [1.807, 2.05) is 4.90 Å². The van der Waals surface area contributed by atoms with Crippen LogP contribution in [0, 0.1) is 17.7 Å². The minimum absolute atomic E-state index is 0.0490. The number of piperidine rings is 1. The molecule has 0 bridgehead atoms. The van der Waals surface area contributed by atoms with Gasteiger partial charge in [-0.2, -0.15) is 13.2 Å². The lowest BCUT2D eigenvalue weighted by Gasteiger charge is -2.39. The highest BCUT2D eigenvalue weighted by Crippen LogP contribution is 2.35. The molecule has 0 aromatic carbocycles. The van der Waals surface area contributed by atoms with Crippen molar-refractivity contribution in [2.45, 2.75) is 18.7 Å². The van der Waals surface area contributed by atoms with Gasteiger partial charge in [0.15, 0.2) is 5.82 Å². The molecule has 2 fully saturated rings. The van der Waals surface area contributed by atoms with E-state index < -0.39 is 18.0 Å². The number of hydrogen-bond donors (Lipinski definition) is 2. The van der Waals surface area contributed by atoms with Crippen molar-refractivity contribution in [2.75, 3.05) is 29.9 Å². The molecule has 13 heteroatoms. The Labute approximate surface area is 179 Å². The number of nitrogens with one attached hydrogen (secondary N) is 1. The molecule has 2 saturated heterocycles. The maximum absolute atomic E-state index is 13.1. The predicted molar refractivity (Wildman–Crippen MR) is 102 cm³/mol. The third kappa shape index (κ3) is 5.87. The van der Waals surface area contributed by atoms with E-state index in [1.54, 1.807) is 24.5 Å². The van der Waals surface area contributed by atoms with Gasteiger partial charge in [0.05, 0.1) is 36.3 Å². The summed E-state index contributed by atoms with van der Waals surface area (Å²) in [7, 11) is 0. The van der Waals surface area contributed by atoms with E-state index in [4.69, 9.17) is 14.6 Å².